The van der Waals surface area contributed by atoms with Crippen LogP contribution in [0.4, 0.5) is 0 Å². The summed E-state index contributed by atoms with van der Waals surface area (Å²) < 4.78 is 5.26. The topological polar surface area (TPSA) is 46.5 Å². The molecule has 0 amide bonds. The molecule has 0 fully saturated rings. The first-order valence-corrected chi connectivity index (χ1v) is 4.00. The van der Waals surface area contributed by atoms with Gasteiger partial charge in [-0.15, -0.1) is 0 Å². The number of aliphatic carboxylic acids is 1. The van der Waals surface area contributed by atoms with Crippen molar-refractivity contribution in [3.8, 4) is 5.75 Å². The molecule has 0 aliphatic carbocycles. The van der Waals surface area contributed by atoms with Crippen molar-refractivity contribution in [2.45, 2.75) is 19.4 Å². The van der Waals surface area contributed by atoms with Crippen LogP contribution in [0, 0.1) is 0 Å². The molecule has 0 radical (unpaired) electrons. The van der Waals surface area contributed by atoms with Gasteiger partial charge in [-0.3, -0.25) is 0 Å². The summed E-state index contributed by atoms with van der Waals surface area (Å²) in [6.45, 7) is 3.03. The van der Waals surface area contributed by atoms with Gasteiger partial charge in [0.05, 0.1) is 0 Å². The zero-order chi connectivity index (χ0) is 9.90. The molecule has 72 valence electrons. The van der Waals surface area contributed by atoms with Crippen LogP contribution in [-0.2, 0) is 4.79 Å². The average molecular weight is 204 g/mol. The molecule has 3 nitrogen and oxygen atoms in total. The predicted molar refractivity (Wildman–Crippen MR) is 55.9 cm³/mol. The van der Waals surface area contributed by atoms with Gasteiger partial charge in [0, 0.05) is 0 Å². The molecule has 1 N–H and O–H groups in total. The van der Waals surface area contributed by atoms with E-state index >= 15 is 0 Å². The van der Waals surface area contributed by atoms with Crippen LogP contribution < -0.4 is 4.74 Å². The van der Waals surface area contributed by atoms with E-state index in [2.05, 4.69) is 0 Å². The Morgan fingerprint density at radius 1 is 1.29 bits per heavy atom. The van der Waals surface area contributed by atoms with E-state index in [0.29, 0.717) is 5.75 Å². The third-order valence-electron chi connectivity index (χ3n) is 1.63. The normalized spacial score (nSPS) is 10.1. The molecular formula is C10H13NaO3. The van der Waals surface area contributed by atoms with Crippen LogP contribution in [0.5, 0.6) is 5.75 Å². The van der Waals surface area contributed by atoms with Crippen molar-refractivity contribution in [1.29, 1.82) is 0 Å². The fraction of sp³-hybridized carbons (Fsp3) is 0.300. The number of para-hydroxylation sites is 1. The molecule has 1 aromatic carbocycles. The van der Waals surface area contributed by atoms with E-state index in [1.165, 1.54) is 13.8 Å². The number of hydrogen-bond acceptors (Lipinski definition) is 2. The Labute approximate surface area is 105 Å². The number of rotatable bonds is 3. The summed E-state index contributed by atoms with van der Waals surface area (Å²) in [5, 5.41) is 8.78. The molecule has 0 aliphatic heterocycles. The Hall–Kier alpha value is -0.510. The van der Waals surface area contributed by atoms with Crippen molar-refractivity contribution in [3.05, 3.63) is 30.3 Å². The summed E-state index contributed by atoms with van der Waals surface area (Å²) in [7, 11) is 0. The molecule has 4 heteroatoms. The molecule has 0 spiro atoms. The quantitative estimate of drug-likeness (QED) is 0.754. The Morgan fingerprint density at radius 3 is 2.21 bits per heavy atom. The molecule has 0 heterocycles. The first kappa shape index (κ1) is 13.5. The second-order valence-corrected chi connectivity index (χ2v) is 3.23. The van der Waals surface area contributed by atoms with Crippen LogP contribution in [0.3, 0.4) is 0 Å². The van der Waals surface area contributed by atoms with Crippen molar-refractivity contribution in [1.82, 2.24) is 0 Å². The molecule has 0 saturated heterocycles. The monoisotopic (exact) mass is 204 g/mol. The zero-order valence-electron chi connectivity index (χ0n) is 7.65. The number of carboxylic acid groups (broad SMARTS) is 1. The van der Waals surface area contributed by atoms with Crippen LogP contribution in [-0.4, -0.2) is 46.2 Å². The van der Waals surface area contributed by atoms with Gasteiger partial charge < -0.3 is 9.84 Å². The van der Waals surface area contributed by atoms with Crippen LogP contribution in [0.25, 0.3) is 0 Å². The van der Waals surface area contributed by atoms with Crippen molar-refractivity contribution in [2.24, 2.45) is 0 Å². The van der Waals surface area contributed by atoms with E-state index < -0.39 is 11.6 Å². The van der Waals surface area contributed by atoms with Crippen LogP contribution in [0.15, 0.2) is 30.3 Å². The van der Waals surface area contributed by atoms with E-state index in [9.17, 15) is 4.79 Å². The molecule has 0 bridgehead atoms. The first-order valence-electron chi connectivity index (χ1n) is 4.00. The maximum atomic E-state index is 10.7. The van der Waals surface area contributed by atoms with Gasteiger partial charge in [0.2, 0.25) is 0 Å². The summed E-state index contributed by atoms with van der Waals surface area (Å²) in [5.41, 5.74) is -1.18. The van der Waals surface area contributed by atoms with E-state index in [4.69, 9.17) is 9.84 Å². The Kier molecular flexibility index (Phi) is 5.19. The number of carbonyl (C=O) groups is 1. The third kappa shape index (κ3) is 3.70. The van der Waals surface area contributed by atoms with Crippen LogP contribution in [0.1, 0.15) is 13.8 Å². The van der Waals surface area contributed by atoms with E-state index in [0.717, 1.165) is 0 Å². The first-order chi connectivity index (χ1) is 6.02. The fourth-order valence-corrected chi connectivity index (χ4v) is 0.827. The third-order valence-corrected chi connectivity index (χ3v) is 1.63. The minimum absolute atomic E-state index is 0. The van der Waals surface area contributed by atoms with Crippen molar-refractivity contribution in [2.75, 3.05) is 0 Å². The second kappa shape index (κ2) is 5.39. The molecule has 0 aliphatic rings. The number of ether oxygens (including phenoxy) is 1. The molecule has 1 rings (SSSR count). The second-order valence-electron chi connectivity index (χ2n) is 3.23. The summed E-state index contributed by atoms with van der Waals surface area (Å²) in [6.07, 6.45) is 0. The molecule has 0 atom stereocenters. The molecule has 0 saturated carbocycles. The minimum atomic E-state index is -1.18. The van der Waals surface area contributed by atoms with E-state index in [1.54, 1.807) is 24.3 Å². The Balaban J connectivity index is 0.00000169. The molecule has 14 heavy (non-hydrogen) atoms. The van der Waals surface area contributed by atoms with Gasteiger partial charge in [-0.2, -0.15) is 0 Å². The van der Waals surface area contributed by atoms with E-state index in [-0.39, 0.29) is 29.6 Å². The standard InChI is InChI=1S/C10H12O3.Na.H/c1-10(2,9(11)12)13-8-6-4-3-5-7-8;;/h3-7H,1-2H3,(H,11,12);;. The summed E-state index contributed by atoms with van der Waals surface area (Å²) >= 11 is 0. The Bertz CT molecular complexity index is 295. The summed E-state index contributed by atoms with van der Waals surface area (Å²) in [4.78, 5) is 10.7. The van der Waals surface area contributed by atoms with Gasteiger partial charge in [0.1, 0.15) is 5.75 Å². The SMILES string of the molecule is CC(C)(Oc1ccccc1)C(=O)O.[NaH]. The van der Waals surface area contributed by atoms with Gasteiger partial charge in [-0.1, -0.05) is 18.2 Å². The van der Waals surface area contributed by atoms with Crippen molar-refractivity contribution >= 4 is 35.5 Å². The molecule has 1 aromatic rings. The van der Waals surface area contributed by atoms with Gasteiger partial charge in [0.15, 0.2) is 5.60 Å². The van der Waals surface area contributed by atoms with Gasteiger partial charge in [0.25, 0.3) is 0 Å². The maximum absolute atomic E-state index is 10.7. The van der Waals surface area contributed by atoms with Crippen molar-refractivity contribution in [3.63, 3.8) is 0 Å². The van der Waals surface area contributed by atoms with Crippen molar-refractivity contribution < 1.29 is 14.6 Å². The Morgan fingerprint density at radius 2 is 1.79 bits per heavy atom. The number of benzene rings is 1. The van der Waals surface area contributed by atoms with E-state index in [1.807, 2.05) is 6.07 Å². The fourth-order valence-electron chi connectivity index (χ4n) is 0.827. The van der Waals surface area contributed by atoms with Crippen LogP contribution >= 0.6 is 0 Å². The molecular weight excluding hydrogens is 191 g/mol. The average Bonchev–Trinajstić information content (AvgIpc) is 2.05. The molecule has 0 unspecified atom stereocenters. The van der Waals surface area contributed by atoms with Gasteiger partial charge in [-0.25, -0.2) is 4.79 Å². The van der Waals surface area contributed by atoms with Gasteiger partial charge in [-0.05, 0) is 26.0 Å². The number of carboxylic acids is 1. The predicted octanol–water partition coefficient (Wildman–Crippen LogP) is 1.28. The zero-order valence-corrected chi connectivity index (χ0v) is 7.65. The summed E-state index contributed by atoms with van der Waals surface area (Å²) in [5.74, 6) is -0.411. The summed E-state index contributed by atoms with van der Waals surface area (Å²) in [6, 6.07) is 8.90. The van der Waals surface area contributed by atoms with Crippen LogP contribution in [0.2, 0.25) is 0 Å². The van der Waals surface area contributed by atoms with Gasteiger partial charge >= 0.3 is 35.5 Å². The molecule has 0 aromatic heterocycles. The number of hydrogen-bond donors (Lipinski definition) is 1.